The second-order valence-corrected chi connectivity index (χ2v) is 7.74. The molecule has 0 spiro atoms. The Hall–Kier alpha value is -2.73. The molecule has 7 heteroatoms. The van der Waals surface area contributed by atoms with Gasteiger partial charge in [-0.25, -0.2) is 4.98 Å². The molecule has 6 nitrogen and oxygen atoms in total. The summed E-state index contributed by atoms with van der Waals surface area (Å²) >= 11 is 6.07. The quantitative estimate of drug-likeness (QED) is 0.638. The van der Waals surface area contributed by atoms with Crippen molar-refractivity contribution < 1.29 is 9.53 Å². The average molecular weight is 413 g/mol. The van der Waals surface area contributed by atoms with E-state index >= 15 is 0 Å². The molecule has 1 fully saturated rings. The summed E-state index contributed by atoms with van der Waals surface area (Å²) in [6.45, 7) is 4.67. The minimum absolute atomic E-state index is 0.0525. The van der Waals surface area contributed by atoms with Gasteiger partial charge in [-0.3, -0.25) is 4.79 Å². The van der Waals surface area contributed by atoms with E-state index in [1.165, 1.54) is 0 Å². The molecule has 1 aromatic heterocycles. The van der Waals surface area contributed by atoms with Gasteiger partial charge in [0.1, 0.15) is 5.75 Å². The van der Waals surface area contributed by atoms with Crippen LogP contribution in [0.2, 0.25) is 5.02 Å². The number of fused-ring (bicyclic) bond motifs is 1. The molecule has 1 atom stereocenters. The zero-order valence-corrected chi connectivity index (χ0v) is 17.2. The van der Waals surface area contributed by atoms with E-state index in [1.807, 2.05) is 49.4 Å². The number of piperidine rings is 1. The van der Waals surface area contributed by atoms with Crippen molar-refractivity contribution in [1.82, 2.24) is 15.3 Å². The fraction of sp³-hybridized carbons (Fsp3) is 0.364. The lowest BCUT2D eigenvalue weighted by molar-refractivity contribution is -0.125. The first kappa shape index (κ1) is 19.6. The van der Waals surface area contributed by atoms with Gasteiger partial charge in [-0.05, 0) is 55.7 Å². The predicted molar refractivity (Wildman–Crippen MR) is 115 cm³/mol. The van der Waals surface area contributed by atoms with Gasteiger partial charge < -0.3 is 19.9 Å². The highest BCUT2D eigenvalue weighted by Gasteiger charge is 2.27. The van der Waals surface area contributed by atoms with Gasteiger partial charge in [0.15, 0.2) is 0 Å². The molecule has 3 aromatic rings. The van der Waals surface area contributed by atoms with Gasteiger partial charge in [0, 0.05) is 24.7 Å². The first-order valence-electron chi connectivity index (χ1n) is 10.0. The number of hydrogen-bond acceptors (Lipinski definition) is 4. The van der Waals surface area contributed by atoms with Gasteiger partial charge in [-0.1, -0.05) is 23.7 Å². The van der Waals surface area contributed by atoms with Crippen LogP contribution in [-0.4, -0.2) is 35.6 Å². The molecular formula is C22H25ClN4O2. The summed E-state index contributed by atoms with van der Waals surface area (Å²) < 4.78 is 5.45. The van der Waals surface area contributed by atoms with Crippen LogP contribution in [0.3, 0.4) is 0 Å². The Kier molecular flexibility index (Phi) is 5.90. The van der Waals surface area contributed by atoms with Crippen molar-refractivity contribution >= 4 is 34.5 Å². The number of anilines is 1. The SMILES string of the molecule is CCOc1ccc(CNC(=O)[C@H]2CCCN(c3nc4ccc(Cl)cc4[nH]3)C2)cc1. The number of ether oxygens (including phenoxy) is 1. The Bertz CT molecular complexity index is 986. The Labute approximate surface area is 175 Å². The monoisotopic (exact) mass is 412 g/mol. The molecule has 152 valence electrons. The number of carbonyl (C=O) groups excluding carboxylic acids is 1. The van der Waals surface area contributed by atoms with Gasteiger partial charge in [-0.2, -0.15) is 0 Å². The van der Waals surface area contributed by atoms with E-state index < -0.39 is 0 Å². The number of nitrogens with zero attached hydrogens (tertiary/aromatic N) is 2. The van der Waals surface area contributed by atoms with E-state index in [-0.39, 0.29) is 11.8 Å². The molecule has 0 aliphatic carbocycles. The van der Waals surface area contributed by atoms with Gasteiger partial charge >= 0.3 is 0 Å². The number of aromatic nitrogens is 2. The zero-order valence-electron chi connectivity index (χ0n) is 16.5. The summed E-state index contributed by atoms with van der Waals surface area (Å²) in [6, 6.07) is 13.4. The predicted octanol–water partition coefficient (Wildman–Crippen LogP) is 4.15. The minimum Gasteiger partial charge on any atom is -0.494 e. The summed E-state index contributed by atoms with van der Waals surface area (Å²) in [6.07, 6.45) is 1.84. The van der Waals surface area contributed by atoms with E-state index in [0.717, 1.165) is 47.7 Å². The third-order valence-electron chi connectivity index (χ3n) is 5.22. The van der Waals surface area contributed by atoms with Crippen LogP contribution < -0.4 is 15.0 Å². The number of carbonyl (C=O) groups is 1. The Balaban J connectivity index is 1.36. The molecule has 0 saturated carbocycles. The van der Waals surface area contributed by atoms with Crippen LogP contribution in [0, 0.1) is 5.92 Å². The highest BCUT2D eigenvalue weighted by Crippen LogP contribution is 2.25. The molecule has 1 amide bonds. The fourth-order valence-corrected chi connectivity index (χ4v) is 3.88. The first-order chi connectivity index (χ1) is 14.1. The van der Waals surface area contributed by atoms with Crippen LogP contribution >= 0.6 is 11.6 Å². The molecular weight excluding hydrogens is 388 g/mol. The van der Waals surface area contributed by atoms with Crippen molar-refractivity contribution in [2.45, 2.75) is 26.3 Å². The fourth-order valence-electron chi connectivity index (χ4n) is 3.71. The van der Waals surface area contributed by atoms with Crippen molar-refractivity contribution in [3.8, 4) is 5.75 Å². The molecule has 1 aliphatic rings. The van der Waals surface area contributed by atoms with Gasteiger partial charge in [0.05, 0.1) is 23.6 Å². The van der Waals surface area contributed by atoms with Crippen LogP contribution in [0.5, 0.6) is 5.75 Å². The number of amides is 1. The number of rotatable bonds is 6. The van der Waals surface area contributed by atoms with E-state index in [0.29, 0.717) is 24.7 Å². The molecule has 4 rings (SSSR count). The van der Waals surface area contributed by atoms with Crippen LogP contribution in [-0.2, 0) is 11.3 Å². The number of hydrogen-bond donors (Lipinski definition) is 2. The molecule has 29 heavy (non-hydrogen) atoms. The summed E-state index contributed by atoms with van der Waals surface area (Å²) in [7, 11) is 0. The van der Waals surface area contributed by atoms with Crippen molar-refractivity contribution in [3.63, 3.8) is 0 Å². The maximum Gasteiger partial charge on any atom is 0.225 e. The minimum atomic E-state index is -0.0525. The van der Waals surface area contributed by atoms with Crippen molar-refractivity contribution in [3.05, 3.63) is 53.1 Å². The lowest BCUT2D eigenvalue weighted by Crippen LogP contribution is -2.43. The molecule has 0 bridgehead atoms. The Morgan fingerprint density at radius 1 is 1.31 bits per heavy atom. The largest absolute Gasteiger partial charge is 0.494 e. The molecule has 2 heterocycles. The van der Waals surface area contributed by atoms with E-state index in [2.05, 4.69) is 20.2 Å². The highest BCUT2D eigenvalue weighted by molar-refractivity contribution is 6.31. The number of nitrogens with one attached hydrogen (secondary N) is 2. The number of aromatic amines is 1. The van der Waals surface area contributed by atoms with E-state index in [9.17, 15) is 4.79 Å². The average Bonchev–Trinajstić information content (AvgIpc) is 3.16. The smallest absolute Gasteiger partial charge is 0.225 e. The molecule has 0 radical (unpaired) electrons. The topological polar surface area (TPSA) is 70.2 Å². The third kappa shape index (κ3) is 4.65. The highest BCUT2D eigenvalue weighted by atomic mass is 35.5. The van der Waals surface area contributed by atoms with Crippen molar-refractivity contribution in [1.29, 1.82) is 0 Å². The van der Waals surface area contributed by atoms with E-state index in [1.54, 1.807) is 0 Å². The van der Waals surface area contributed by atoms with Gasteiger partial charge in [0.2, 0.25) is 11.9 Å². The first-order valence-corrected chi connectivity index (χ1v) is 10.4. The second-order valence-electron chi connectivity index (χ2n) is 7.30. The number of imidazole rings is 1. The van der Waals surface area contributed by atoms with Crippen LogP contribution in [0.4, 0.5) is 5.95 Å². The van der Waals surface area contributed by atoms with Crippen molar-refractivity contribution in [2.24, 2.45) is 5.92 Å². The molecule has 2 aromatic carbocycles. The molecule has 1 saturated heterocycles. The number of benzene rings is 2. The zero-order chi connectivity index (χ0) is 20.2. The maximum absolute atomic E-state index is 12.7. The standard InChI is InChI=1S/C22H25ClN4O2/c1-2-29-18-8-5-15(6-9-18)13-24-21(28)16-4-3-11-27(14-16)22-25-19-10-7-17(23)12-20(19)26-22/h5-10,12,16H,2-4,11,13-14H2,1H3,(H,24,28)(H,25,26)/t16-/m0/s1. The second kappa shape index (κ2) is 8.74. The van der Waals surface area contributed by atoms with Gasteiger partial charge in [0.25, 0.3) is 0 Å². The normalized spacial score (nSPS) is 16.8. The summed E-state index contributed by atoms with van der Waals surface area (Å²) in [4.78, 5) is 22.9. The Morgan fingerprint density at radius 3 is 2.93 bits per heavy atom. The maximum atomic E-state index is 12.7. The summed E-state index contributed by atoms with van der Waals surface area (Å²) in [5.74, 6) is 1.68. The van der Waals surface area contributed by atoms with Gasteiger partial charge in [-0.15, -0.1) is 0 Å². The van der Waals surface area contributed by atoms with E-state index in [4.69, 9.17) is 16.3 Å². The summed E-state index contributed by atoms with van der Waals surface area (Å²) in [5, 5.41) is 3.75. The molecule has 2 N–H and O–H groups in total. The summed E-state index contributed by atoms with van der Waals surface area (Å²) in [5.41, 5.74) is 2.85. The lowest BCUT2D eigenvalue weighted by Gasteiger charge is -2.31. The lowest BCUT2D eigenvalue weighted by atomic mass is 9.97. The molecule has 1 aliphatic heterocycles. The van der Waals surface area contributed by atoms with Crippen LogP contribution in [0.25, 0.3) is 11.0 Å². The molecule has 0 unspecified atom stereocenters. The van der Waals surface area contributed by atoms with Crippen LogP contribution in [0.1, 0.15) is 25.3 Å². The number of H-pyrrole nitrogens is 1. The number of halogens is 1. The van der Waals surface area contributed by atoms with Crippen molar-refractivity contribution in [2.75, 3.05) is 24.6 Å². The Morgan fingerprint density at radius 2 is 2.14 bits per heavy atom. The third-order valence-corrected chi connectivity index (χ3v) is 5.46. The van der Waals surface area contributed by atoms with Crippen LogP contribution in [0.15, 0.2) is 42.5 Å².